The Morgan fingerprint density at radius 1 is 1.23 bits per heavy atom. The van der Waals surface area contributed by atoms with Crippen molar-refractivity contribution in [2.75, 3.05) is 11.1 Å². The fourth-order valence-electron chi connectivity index (χ4n) is 2.13. The smallest absolute Gasteiger partial charge is 0.236 e. The van der Waals surface area contributed by atoms with E-state index < -0.39 is 0 Å². The van der Waals surface area contributed by atoms with Gasteiger partial charge in [-0.15, -0.1) is 33.3 Å². The Balaban J connectivity index is 1.46. The predicted molar refractivity (Wildman–Crippen MR) is 109 cm³/mol. The molecule has 1 amide bonds. The summed E-state index contributed by atoms with van der Waals surface area (Å²) in [5.74, 6) is 2.81. The molecule has 0 spiro atoms. The zero-order valence-electron chi connectivity index (χ0n) is 14.5. The highest BCUT2D eigenvalue weighted by molar-refractivity contribution is 7.99. The van der Waals surface area contributed by atoms with Crippen LogP contribution in [-0.4, -0.2) is 31.4 Å². The van der Waals surface area contributed by atoms with Crippen LogP contribution in [0, 0.1) is 6.92 Å². The second kappa shape index (κ2) is 9.20. The van der Waals surface area contributed by atoms with Crippen molar-refractivity contribution in [1.29, 1.82) is 0 Å². The zero-order valence-corrected chi connectivity index (χ0v) is 17.0. The number of aromatic nitrogens is 4. The van der Waals surface area contributed by atoms with E-state index in [1.54, 1.807) is 11.8 Å². The van der Waals surface area contributed by atoms with E-state index in [1.807, 2.05) is 42.1 Å². The Morgan fingerprint density at radius 3 is 2.77 bits per heavy atom. The Hall–Kier alpha value is -1.84. The quantitative estimate of drug-likeness (QED) is 0.576. The van der Waals surface area contributed by atoms with Gasteiger partial charge in [0.1, 0.15) is 5.82 Å². The first-order valence-electron chi connectivity index (χ1n) is 7.96. The molecule has 0 atom stereocenters. The number of hydrogen-bond donors (Lipinski definition) is 1. The fourth-order valence-corrected chi connectivity index (χ4v) is 4.53. The second-order valence-electron chi connectivity index (χ2n) is 5.57. The monoisotopic (exact) mass is 405 g/mol. The molecule has 3 rings (SSSR count). The first kappa shape index (κ1) is 18.9. The van der Waals surface area contributed by atoms with E-state index in [0.29, 0.717) is 5.13 Å². The van der Waals surface area contributed by atoms with Crippen molar-refractivity contribution in [1.82, 2.24) is 19.7 Å². The Morgan fingerprint density at radius 2 is 2.04 bits per heavy atom. The number of nitrogens with one attached hydrogen (secondary N) is 1. The van der Waals surface area contributed by atoms with Crippen molar-refractivity contribution >= 4 is 45.9 Å². The van der Waals surface area contributed by atoms with Crippen molar-refractivity contribution in [3.63, 3.8) is 0 Å². The topological polar surface area (TPSA) is 72.7 Å². The third-order valence-electron chi connectivity index (χ3n) is 3.47. The maximum absolute atomic E-state index is 12.0. The second-order valence-corrected chi connectivity index (χ2v) is 8.35. The van der Waals surface area contributed by atoms with Crippen molar-refractivity contribution in [3.05, 3.63) is 52.8 Å². The van der Waals surface area contributed by atoms with E-state index in [2.05, 4.69) is 32.6 Å². The van der Waals surface area contributed by atoms with E-state index in [0.717, 1.165) is 28.2 Å². The van der Waals surface area contributed by atoms with Crippen LogP contribution in [0.5, 0.6) is 0 Å². The van der Waals surface area contributed by atoms with Crippen LogP contribution in [0.15, 0.2) is 40.9 Å². The molecule has 1 aromatic carbocycles. The number of thioether (sulfide) groups is 2. The summed E-state index contributed by atoms with van der Waals surface area (Å²) in [6.07, 6.45) is 0. The van der Waals surface area contributed by atoms with E-state index >= 15 is 0 Å². The fraction of sp³-hybridized carbons (Fsp3) is 0.294. The van der Waals surface area contributed by atoms with Crippen molar-refractivity contribution in [2.45, 2.75) is 23.6 Å². The molecule has 1 N–H and O–H groups in total. The lowest BCUT2D eigenvalue weighted by Gasteiger charge is -2.04. The number of thiazole rings is 1. The van der Waals surface area contributed by atoms with Crippen molar-refractivity contribution in [3.8, 4) is 0 Å². The molecule has 0 saturated carbocycles. The minimum atomic E-state index is -0.0904. The van der Waals surface area contributed by atoms with Crippen molar-refractivity contribution < 1.29 is 4.79 Å². The molecule has 0 fully saturated rings. The highest BCUT2D eigenvalue weighted by Crippen LogP contribution is 2.21. The number of rotatable bonds is 8. The minimum absolute atomic E-state index is 0.0904. The van der Waals surface area contributed by atoms with Crippen LogP contribution in [-0.2, 0) is 23.3 Å². The lowest BCUT2D eigenvalue weighted by molar-refractivity contribution is -0.113. The van der Waals surface area contributed by atoms with Crippen LogP contribution in [0.1, 0.15) is 17.1 Å². The molecule has 136 valence electrons. The molecule has 2 aromatic heterocycles. The van der Waals surface area contributed by atoms with E-state index in [9.17, 15) is 4.79 Å². The van der Waals surface area contributed by atoms with Gasteiger partial charge in [0.15, 0.2) is 10.3 Å². The molecule has 9 heteroatoms. The van der Waals surface area contributed by atoms with Gasteiger partial charge in [-0.05, 0) is 12.5 Å². The average molecular weight is 406 g/mol. The van der Waals surface area contributed by atoms with E-state index in [-0.39, 0.29) is 11.7 Å². The Bertz CT molecular complexity index is 862. The molecule has 6 nitrogen and oxygen atoms in total. The zero-order chi connectivity index (χ0) is 18.4. The first-order chi connectivity index (χ1) is 12.6. The van der Waals surface area contributed by atoms with Gasteiger partial charge in [-0.3, -0.25) is 4.79 Å². The number of aryl methyl sites for hydroxylation is 1. The largest absolute Gasteiger partial charge is 0.308 e. The number of benzene rings is 1. The van der Waals surface area contributed by atoms with Crippen LogP contribution >= 0.6 is 34.9 Å². The molecule has 2 heterocycles. The van der Waals surface area contributed by atoms with Crippen LogP contribution in [0.4, 0.5) is 5.13 Å². The summed E-state index contributed by atoms with van der Waals surface area (Å²) in [5.41, 5.74) is 2.20. The SMILES string of the molecule is Cc1csc(NC(=O)CSc2nnc(CSCc3ccccc3)n2C)n1. The summed E-state index contributed by atoms with van der Waals surface area (Å²) in [6, 6.07) is 10.4. The van der Waals surface area contributed by atoms with Gasteiger partial charge in [0.2, 0.25) is 5.91 Å². The van der Waals surface area contributed by atoms with Gasteiger partial charge in [-0.25, -0.2) is 4.98 Å². The average Bonchev–Trinajstić information content (AvgIpc) is 3.20. The third kappa shape index (κ3) is 5.33. The van der Waals surface area contributed by atoms with Gasteiger partial charge in [-0.1, -0.05) is 42.1 Å². The molecule has 0 radical (unpaired) electrons. The van der Waals surface area contributed by atoms with E-state index in [1.165, 1.54) is 28.7 Å². The number of anilines is 1. The van der Waals surface area contributed by atoms with Gasteiger partial charge < -0.3 is 9.88 Å². The van der Waals surface area contributed by atoms with Gasteiger partial charge in [0.05, 0.1) is 17.2 Å². The number of carbonyl (C=O) groups is 1. The summed E-state index contributed by atoms with van der Waals surface area (Å²) in [7, 11) is 1.93. The summed E-state index contributed by atoms with van der Waals surface area (Å²) in [4.78, 5) is 16.2. The predicted octanol–water partition coefficient (Wildman–Crippen LogP) is 3.74. The Kier molecular flexibility index (Phi) is 6.70. The summed E-state index contributed by atoms with van der Waals surface area (Å²) in [5, 5.41) is 14.5. The van der Waals surface area contributed by atoms with Gasteiger partial charge in [-0.2, -0.15) is 0 Å². The van der Waals surface area contributed by atoms with Gasteiger partial charge in [0.25, 0.3) is 0 Å². The van der Waals surface area contributed by atoms with Crippen LogP contribution < -0.4 is 5.32 Å². The molecular formula is C17H19N5OS3. The molecule has 3 aromatic rings. The maximum atomic E-state index is 12.0. The molecule has 0 aliphatic carbocycles. The number of carbonyl (C=O) groups excluding carboxylic acids is 1. The first-order valence-corrected chi connectivity index (χ1v) is 11.0. The van der Waals surface area contributed by atoms with Gasteiger partial charge >= 0.3 is 0 Å². The highest BCUT2D eigenvalue weighted by Gasteiger charge is 2.12. The van der Waals surface area contributed by atoms with Crippen LogP contribution in [0.3, 0.4) is 0 Å². The normalized spacial score (nSPS) is 10.8. The lowest BCUT2D eigenvalue weighted by Crippen LogP contribution is -2.14. The molecule has 0 unspecified atom stereocenters. The Labute approximate surface area is 164 Å². The molecule has 0 aliphatic heterocycles. The third-order valence-corrected chi connectivity index (χ3v) is 6.36. The molecule has 0 bridgehead atoms. The summed E-state index contributed by atoms with van der Waals surface area (Å²) < 4.78 is 1.95. The molecular weight excluding hydrogens is 386 g/mol. The molecule has 0 aliphatic rings. The summed E-state index contributed by atoms with van der Waals surface area (Å²) in [6.45, 7) is 1.90. The number of hydrogen-bond acceptors (Lipinski definition) is 7. The molecule has 26 heavy (non-hydrogen) atoms. The highest BCUT2D eigenvalue weighted by atomic mass is 32.2. The van der Waals surface area contributed by atoms with Crippen LogP contribution in [0.2, 0.25) is 0 Å². The molecule has 0 saturated heterocycles. The maximum Gasteiger partial charge on any atom is 0.236 e. The number of amides is 1. The summed E-state index contributed by atoms with van der Waals surface area (Å²) >= 11 is 4.60. The minimum Gasteiger partial charge on any atom is -0.308 e. The van der Waals surface area contributed by atoms with Gasteiger partial charge in [0, 0.05) is 18.2 Å². The van der Waals surface area contributed by atoms with E-state index in [4.69, 9.17) is 0 Å². The lowest BCUT2D eigenvalue weighted by atomic mass is 10.2. The van der Waals surface area contributed by atoms with Crippen LogP contribution in [0.25, 0.3) is 0 Å². The number of nitrogens with zero attached hydrogens (tertiary/aromatic N) is 4. The standard InChI is InChI=1S/C17H19N5OS3/c1-12-8-25-16(18-12)19-15(23)11-26-17-21-20-14(22(17)2)10-24-9-13-6-4-3-5-7-13/h3-8H,9-11H2,1-2H3,(H,18,19,23). The van der Waals surface area contributed by atoms with Crippen molar-refractivity contribution in [2.24, 2.45) is 7.05 Å².